The fraction of sp³-hybridized carbons (Fsp3) is 0.500. The third-order valence-electron chi connectivity index (χ3n) is 2.34. The molecule has 1 nitrogen and oxygen atoms in total. The topological polar surface area (TPSA) is 9.23 Å². The summed E-state index contributed by atoms with van der Waals surface area (Å²) in [6, 6.07) is 6.12. The minimum absolute atomic E-state index is 0.380. The quantitative estimate of drug-likeness (QED) is 0.681. The SMILES string of the molecule is CCCCC(Br)c1cc(Br)ccc1OC. The van der Waals surface area contributed by atoms with Crippen LogP contribution in [0.3, 0.4) is 0 Å². The summed E-state index contributed by atoms with van der Waals surface area (Å²) in [5.74, 6) is 0.955. The minimum Gasteiger partial charge on any atom is -0.496 e. The number of methoxy groups -OCH3 is 1. The Bertz CT molecular complexity index is 312. The summed E-state index contributed by atoms with van der Waals surface area (Å²) in [7, 11) is 1.71. The molecule has 1 rings (SSSR count). The average Bonchev–Trinajstić information content (AvgIpc) is 2.25. The molecule has 0 bridgehead atoms. The molecule has 0 aliphatic rings. The fourth-order valence-corrected chi connectivity index (χ4v) is 2.55. The van der Waals surface area contributed by atoms with Crippen LogP contribution in [0.25, 0.3) is 0 Å². The van der Waals surface area contributed by atoms with Gasteiger partial charge in [-0.05, 0) is 24.6 Å². The Morgan fingerprint density at radius 1 is 1.40 bits per heavy atom. The molecule has 0 fully saturated rings. The van der Waals surface area contributed by atoms with Crippen molar-refractivity contribution in [2.24, 2.45) is 0 Å². The first-order chi connectivity index (χ1) is 7.19. The number of ether oxygens (including phenoxy) is 1. The maximum Gasteiger partial charge on any atom is 0.123 e. The molecule has 1 unspecified atom stereocenters. The minimum atomic E-state index is 0.380. The largest absolute Gasteiger partial charge is 0.496 e. The van der Waals surface area contributed by atoms with Crippen LogP contribution in [0.4, 0.5) is 0 Å². The van der Waals surface area contributed by atoms with Crippen molar-refractivity contribution in [3.05, 3.63) is 28.2 Å². The second kappa shape index (κ2) is 6.54. The second-order valence-electron chi connectivity index (χ2n) is 3.50. The Morgan fingerprint density at radius 3 is 2.73 bits per heavy atom. The van der Waals surface area contributed by atoms with Crippen molar-refractivity contribution < 1.29 is 4.74 Å². The number of alkyl halides is 1. The molecule has 1 atom stereocenters. The Hall–Kier alpha value is -0.0200. The first-order valence-corrected chi connectivity index (χ1v) is 6.87. The van der Waals surface area contributed by atoms with Crippen molar-refractivity contribution in [2.45, 2.75) is 31.0 Å². The lowest BCUT2D eigenvalue weighted by molar-refractivity contribution is 0.408. The normalized spacial score (nSPS) is 12.5. The van der Waals surface area contributed by atoms with Crippen molar-refractivity contribution >= 4 is 31.9 Å². The van der Waals surface area contributed by atoms with Gasteiger partial charge in [-0.3, -0.25) is 0 Å². The lowest BCUT2D eigenvalue weighted by Crippen LogP contribution is -1.95. The summed E-state index contributed by atoms with van der Waals surface area (Å²) in [4.78, 5) is 0.380. The maximum atomic E-state index is 5.35. The lowest BCUT2D eigenvalue weighted by atomic mass is 10.1. The average molecular weight is 336 g/mol. The summed E-state index contributed by atoms with van der Waals surface area (Å²) in [5.41, 5.74) is 1.22. The standard InChI is InChI=1S/C12H16Br2O/c1-3-4-5-11(14)10-8-9(13)6-7-12(10)15-2/h6-8,11H,3-5H2,1-2H3. The predicted molar refractivity (Wildman–Crippen MR) is 71.9 cm³/mol. The number of halogens is 2. The fourth-order valence-electron chi connectivity index (χ4n) is 1.49. The van der Waals surface area contributed by atoms with Gasteiger partial charge in [-0.15, -0.1) is 0 Å². The van der Waals surface area contributed by atoms with E-state index in [0.717, 1.165) is 16.6 Å². The second-order valence-corrected chi connectivity index (χ2v) is 5.52. The van der Waals surface area contributed by atoms with E-state index in [9.17, 15) is 0 Å². The molecular weight excluding hydrogens is 320 g/mol. The van der Waals surface area contributed by atoms with Crippen molar-refractivity contribution in [1.29, 1.82) is 0 Å². The van der Waals surface area contributed by atoms with Crippen LogP contribution in [0.1, 0.15) is 36.6 Å². The van der Waals surface area contributed by atoms with Crippen LogP contribution in [0.15, 0.2) is 22.7 Å². The van der Waals surface area contributed by atoms with Gasteiger partial charge in [-0.1, -0.05) is 51.6 Å². The van der Waals surface area contributed by atoms with Crippen molar-refractivity contribution in [1.82, 2.24) is 0 Å². The Kier molecular flexibility index (Phi) is 5.69. The molecule has 0 saturated heterocycles. The molecule has 15 heavy (non-hydrogen) atoms. The first-order valence-electron chi connectivity index (χ1n) is 5.16. The van der Waals surface area contributed by atoms with E-state index in [1.54, 1.807) is 7.11 Å². The van der Waals surface area contributed by atoms with Crippen LogP contribution >= 0.6 is 31.9 Å². The van der Waals surface area contributed by atoms with Gasteiger partial charge in [0.15, 0.2) is 0 Å². The maximum absolute atomic E-state index is 5.35. The van der Waals surface area contributed by atoms with Gasteiger partial charge in [-0.25, -0.2) is 0 Å². The lowest BCUT2D eigenvalue weighted by Gasteiger charge is -2.14. The summed E-state index contributed by atoms with van der Waals surface area (Å²) in [6.07, 6.45) is 3.59. The number of unbranched alkanes of at least 4 members (excludes halogenated alkanes) is 1. The third kappa shape index (κ3) is 3.80. The van der Waals surface area contributed by atoms with Crippen molar-refractivity contribution in [3.8, 4) is 5.75 Å². The van der Waals surface area contributed by atoms with Crippen molar-refractivity contribution in [2.75, 3.05) is 7.11 Å². The summed E-state index contributed by atoms with van der Waals surface area (Å²) < 4.78 is 6.45. The van der Waals surface area contributed by atoms with Gasteiger partial charge in [0.25, 0.3) is 0 Å². The number of hydrogen-bond acceptors (Lipinski definition) is 1. The Labute approximate surface area is 108 Å². The highest BCUT2D eigenvalue weighted by Crippen LogP contribution is 2.36. The van der Waals surface area contributed by atoms with Crippen LogP contribution in [-0.4, -0.2) is 7.11 Å². The zero-order valence-corrected chi connectivity index (χ0v) is 12.3. The van der Waals surface area contributed by atoms with E-state index in [1.807, 2.05) is 12.1 Å². The molecule has 0 heterocycles. The molecule has 84 valence electrons. The molecule has 0 amide bonds. The zero-order valence-electron chi connectivity index (χ0n) is 9.09. The smallest absolute Gasteiger partial charge is 0.123 e. The van der Waals surface area contributed by atoms with E-state index in [4.69, 9.17) is 4.74 Å². The van der Waals surface area contributed by atoms with E-state index in [0.29, 0.717) is 4.83 Å². The molecule has 0 saturated carbocycles. The number of benzene rings is 1. The molecule has 3 heteroatoms. The van der Waals surface area contributed by atoms with Crippen LogP contribution in [0.5, 0.6) is 5.75 Å². The van der Waals surface area contributed by atoms with Gasteiger partial charge >= 0.3 is 0 Å². The molecule has 0 aliphatic carbocycles. The molecule has 0 aliphatic heterocycles. The highest BCUT2D eigenvalue weighted by atomic mass is 79.9. The molecular formula is C12H16Br2O. The van der Waals surface area contributed by atoms with Gasteiger partial charge in [-0.2, -0.15) is 0 Å². The van der Waals surface area contributed by atoms with Crippen LogP contribution in [0.2, 0.25) is 0 Å². The van der Waals surface area contributed by atoms with E-state index < -0.39 is 0 Å². The van der Waals surface area contributed by atoms with Crippen LogP contribution in [-0.2, 0) is 0 Å². The third-order valence-corrected chi connectivity index (χ3v) is 3.78. The molecule has 0 spiro atoms. The first kappa shape index (κ1) is 13.0. The van der Waals surface area contributed by atoms with Crippen molar-refractivity contribution in [3.63, 3.8) is 0 Å². The van der Waals surface area contributed by atoms with Crippen LogP contribution in [0, 0.1) is 0 Å². The molecule has 1 aromatic carbocycles. The summed E-state index contributed by atoms with van der Waals surface area (Å²) in [6.45, 7) is 2.21. The summed E-state index contributed by atoms with van der Waals surface area (Å²) in [5, 5.41) is 0. The molecule has 0 aromatic heterocycles. The monoisotopic (exact) mass is 334 g/mol. The van der Waals surface area contributed by atoms with E-state index in [-0.39, 0.29) is 0 Å². The predicted octanol–water partition coefficient (Wildman–Crippen LogP) is 5.08. The van der Waals surface area contributed by atoms with Gasteiger partial charge < -0.3 is 4.74 Å². The highest BCUT2D eigenvalue weighted by Gasteiger charge is 2.12. The molecule has 1 aromatic rings. The Balaban J connectivity index is 2.85. The van der Waals surface area contributed by atoms with Gasteiger partial charge in [0, 0.05) is 14.9 Å². The number of hydrogen-bond donors (Lipinski definition) is 0. The van der Waals surface area contributed by atoms with Gasteiger partial charge in [0.1, 0.15) is 5.75 Å². The van der Waals surface area contributed by atoms with Crippen LogP contribution < -0.4 is 4.74 Å². The molecule has 0 N–H and O–H groups in total. The number of rotatable bonds is 5. The van der Waals surface area contributed by atoms with E-state index in [1.165, 1.54) is 18.4 Å². The van der Waals surface area contributed by atoms with E-state index >= 15 is 0 Å². The summed E-state index contributed by atoms with van der Waals surface area (Å²) >= 11 is 7.20. The highest BCUT2D eigenvalue weighted by molar-refractivity contribution is 9.10. The van der Waals surface area contributed by atoms with Gasteiger partial charge in [0.05, 0.1) is 7.11 Å². The zero-order chi connectivity index (χ0) is 11.3. The van der Waals surface area contributed by atoms with E-state index in [2.05, 4.69) is 44.8 Å². The Morgan fingerprint density at radius 2 is 2.13 bits per heavy atom. The molecule has 0 radical (unpaired) electrons. The van der Waals surface area contributed by atoms with Gasteiger partial charge in [0.2, 0.25) is 0 Å².